The molecule has 0 amide bonds. The van der Waals surface area contributed by atoms with Gasteiger partial charge in [0.2, 0.25) is 0 Å². The summed E-state index contributed by atoms with van der Waals surface area (Å²) >= 11 is 0. The highest BCUT2D eigenvalue weighted by atomic mass is 16.5. The molecule has 0 bridgehead atoms. The second-order valence-corrected chi connectivity index (χ2v) is 9.02. The highest BCUT2D eigenvalue weighted by molar-refractivity contribution is 5.89. The quantitative estimate of drug-likeness (QED) is 0.639. The van der Waals surface area contributed by atoms with Gasteiger partial charge in [-0.1, -0.05) is 39.8 Å². The number of carboxylic acids is 1. The molecular formula is C20H31NO3. The predicted octanol–water partition coefficient (Wildman–Crippen LogP) is 4.53. The summed E-state index contributed by atoms with van der Waals surface area (Å²) in [5, 5.41) is 22.5. The second-order valence-electron chi connectivity index (χ2n) is 9.02. The number of hydrogen-bond acceptors (Lipinski definition) is 2. The molecule has 2 rings (SSSR count). The van der Waals surface area contributed by atoms with E-state index in [0.29, 0.717) is 12.1 Å². The number of benzene rings is 1. The van der Waals surface area contributed by atoms with Gasteiger partial charge in [0.1, 0.15) is 0 Å². The third kappa shape index (κ3) is 3.09. The summed E-state index contributed by atoms with van der Waals surface area (Å²) in [6, 6.07) is 5.71. The first-order valence-electron chi connectivity index (χ1n) is 8.73. The number of hydrogen-bond donors (Lipinski definition) is 1. The van der Waals surface area contributed by atoms with Gasteiger partial charge >= 0.3 is 5.97 Å². The first kappa shape index (κ1) is 18.9. The molecule has 1 heterocycles. The molecule has 24 heavy (non-hydrogen) atoms. The summed E-state index contributed by atoms with van der Waals surface area (Å²) in [5.74, 6) is -0.698. The number of rotatable bonds is 2. The molecule has 0 saturated carbocycles. The fourth-order valence-corrected chi connectivity index (χ4v) is 3.80. The van der Waals surface area contributed by atoms with Crippen molar-refractivity contribution in [3.05, 3.63) is 40.1 Å². The van der Waals surface area contributed by atoms with Crippen LogP contribution in [0.4, 0.5) is 0 Å². The Bertz CT molecular complexity index is 641. The van der Waals surface area contributed by atoms with Crippen molar-refractivity contribution >= 4 is 5.97 Å². The molecule has 1 aliphatic rings. The Balaban J connectivity index is 2.56. The van der Waals surface area contributed by atoms with E-state index >= 15 is 0 Å². The maximum Gasteiger partial charge on any atom is 0.335 e. The number of quaternary nitrogens is 1. The lowest BCUT2D eigenvalue weighted by Gasteiger charge is -2.59. The molecule has 0 aliphatic carbocycles. The first-order valence-corrected chi connectivity index (χ1v) is 8.73. The first-order chi connectivity index (χ1) is 10.8. The zero-order valence-electron chi connectivity index (χ0n) is 16.0. The van der Waals surface area contributed by atoms with E-state index in [1.54, 1.807) is 13.1 Å². The molecular weight excluding hydrogens is 302 g/mol. The Morgan fingerprint density at radius 2 is 1.92 bits per heavy atom. The van der Waals surface area contributed by atoms with Gasteiger partial charge in [-0.2, -0.15) is 0 Å². The second kappa shape index (κ2) is 5.85. The standard InChI is InChI=1S/C20H31NO3/c1-13-15(10-11-21(7,24)20(13,5)6)17-12-14(19(2,3)4)8-9-16(17)18(22)23/h8-9,12-13,15H,10-11H2,1-7H3,(H,22,23). The number of likely N-dealkylation sites (tertiary alicyclic amines) is 1. The van der Waals surface area contributed by atoms with Crippen LogP contribution in [0.5, 0.6) is 0 Å². The Kier molecular flexibility index (Phi) is 4.62. The van der Waals surface area contributed by atoms with Gasteiger partial charge in [-0.15, -0.1) is 0 Å². The molecule has 134 valence electrons. The molecule has 1 aromatic carbocycles. The summed E-state index contributed by atoms with van der Waals surface area (Å²) in [6.45, 7) is 13.0. The minimum absolute atomic E-state index is 0.0394. The molecule has 0 radical (unpaired) electrons. The van der Waals surface area contributed by atoms with Crippen molar-refractivity contribution in [1.82, 2.24) is 0 Å². The van der Waals surface area contributed by atoms with Crippen molar-refractivity contribution < 1.29 is 14.5 Å². The lowest BCUT2D eigenvalue weighted by molar-refractivity contribution is -0.921. The van der Waals surface area contributed by atoms with Crippen LogP contribution in [-0.4, -0.2) is 34.9 Å². The Hall–Kier alpha value is -1.39. The minimum Gasteiger partial charge on any atom is -0.633 e. The van der Waals surface area contributed by atoms with Crippen LogP contribution in [0.15, 0.2) is 18.2 Å². The van der Waals surface area contributed by atoms with E-state index in [-0.39, 0.29) is 21.9 Å². The number of hydroxylamine groups is 3. The zero-order valence-corrected chi connectivity index (χ0v) is 16.0. The summed E-state index contributed by atoms with van der Waals surface area (Å²) < 4.78 is -0.272. The lowest BCUT2D eigenvalue weighted by atomic mass is 9.68. The van der Waals surface area contributed by atoms with Crippen LogP contribution in [-0.2, 0) is 5.41 Å². The highest BCUT2D eigenvalue weighted by Gasteiger charge is 2.47. The summed E-state index contributed by atoms with van der Waals surface area (Å²) in [4.78, 5) is 11.8. The number of carbonyl (C=O) groups is 1. The van der Waals surface area contributed by atoms with E-state index < -0.39 is 11.5 Å². The van der Waals surface area contributed by atoms with Crippen LogP contribution >= 0.6 is 0 Å². The van der Waals surface area contributed by atoms with Crippen LogP contribution < -0.4 is 0 Å². The van der Waals surface area contributed by atoms with Crippen LogP contribution in [0.2, 0.25) is 0 Å². The summed E-state index contributed by atoms with van der Waals surface area (Å²) in [7, 11) is 1.73. The van der Waals surface area contributed by atoms with Gasteiger partial charge in [0.05, 0.1) is 24.7 Å². The van der Waals surface area contributed by atoms with E-state index in [4.69, 9.17) is 0 Å². The average Bonchev–Trinajstić information content (AvgIpc) is 2.44. The Labute approximate surface area is 145 Å². The maximum absolute atomic E-state index is 12.8. The smallest absolute Gasteiger partial charge is 0.335 e. The van der Waals surface area contributed by atoms with Gasteiger partial charge in [0, 0.05) is 12.3 Å². The fraction of sp³-hybridized carbons (Fsp3) is 0.650. The predicted molar refractivity (Wildman–Crippen MR) is 97.1 cm³/mol. The molecule has 3 atom stereocenters. The topological polar surface area (TPSA) is 60.4 Å². The molecule has 1 saturated heterocycles. The number of aromatic carboxylic acids is 1. The van der Waals surface area contributed by atoms with Crippen molar-refractivity contribution in [1.29, 1.82) is 0 Å². The molecule has 0 aromatic heterocycles. The summed E-state index contributed by atoms with van der Waals surface area (Å²) in [5.41, 5.74) is 1.91. The number of nitrogens with zero attached hydrogens (tertiary/aromatic N) is 1. The van der Waals surface area contributed by atoms with Crippen LogP contribution in [0.1, 0.15) is 75.4 Å². The largest absolute Gasteiger partial charge is 0.633 e. The van der Waals surface area contributed by atoms with Crippen LogP contribution in [0.3, 0.4) is 0 Å². The van der Waals surface area contributed by atoms with E-state index in [0.717, 1.165) is 17.5 Å². The van der Waals surface area contributed by atoms with Crippen molar-refractivity contribution in [2.24, 2.45) is 5.92 Å². The molecule has 1 N–H and O–H groups in total. The molecule has 1 aromatic rings. The highest BCUT2D eigenvalue weighted by Crippen LogP contribution is 2.46. The zero-order chi connectivity index (χ0) is 18.5. The molecule has 0 spiro atoms. The number of carboxylic acid groups (broad SMARTS) is 1. The Morgan fingerprint density at radius 3 is 2.42 bits per heavy atom. The van der Waals surface area contributed by atoms with Gasteiger partial charge in [-0.05, 0) is 42.4 Å². The summed E-state index contributed by atoms with van der Waals surface area (Å²) in [6.07, 6.45) is 0.721. The average molecular weight is 333 g/mol. The van der Waals surface area contributed by atoms with E-state index in [1.807, 2.05) is 19.9 Å². The van der Waals surface area contributed by atoms with E-state index in [1.165, 1.54) is 0 Å². The third-order valence-corrected chi connectivity index (χ3v) is 6.35. The monoisotopic (exact) mass is 333 g/mol. The lowest BCUT2D eigenvalue weighted by Crippen LogP contribution is -2.63. The van der Waals surface area contributed by atoms with Crippen LogP contribution in [0.25, 0.3) is 0 Å². The van der Waals surface area contributed by atoms with Gasteiger partial charge in [-0.3, -0.25) is 0 Å². The van der Waals surface area contributed by atoms with Crippen molar-refractivity contribution in [3.8, 4) is 0 Å². The normalized spacial score (nSPS) is 30.2. The fourth-order valence-electron chi connectivity index (χ4n) is 3.80. The maximum atomic E-state index is 12.8. The van der Waals surface area contributed by atoms with Gasteiger partial charge in [-0.25, -0.2) is 4.79 Å². The van der Waals surface area contributed by atoms with Gasteiger partial charge in [0.25, 0.3) is 0 Å². The molecule has 1 fully saturated rings. The van der Waals surface area contributed by atoms with E-state index in [2.05, 4.69) is 33.8 Å². The third-order valence-electron chi connectivity index (χ3n) is 6.35. The van der Waals surface area contributed by atoms with Crippen molar-refractivity contribution in [2.45, 2.75) is 64.8 Å². The van der Waals surface area contributed by atoms with Gasteiger partial charge < -0.3 is 15.0 Å². The molecule has 3 unspecified atom stereocenters. The minimum atomic E-state index is -0.889. The van der Waals surface area contributed by atoms with Crippen molar-refractivity contribution in [3.63, 3.8) is 0 Å². The molecule has 1 aliphatic heterocycles. The van der Waals surface area contributed by atoms with Gasteiger partial charge in [0.15, 0.2) is 0 Å². The molecule has 4 nitrogen and oxygen atoms in total. The SMILES string of the molecule is CC1C(c2cc(C(C)(C)C)ccc2C(=O)O)CC[N+](C)([O-])C1(C)C. The number of piperidine rings is 1. The van der Waals surface area contributed by atoms with E-state index in [9.17, 15) is 15.1 Å². The molecule has 4 heteroatoms. The van der Waals surface area contributed by atoms with Crippen LogP contribution in [0, 0.1) is 11.1 Å². The Morgan fingerprint density at radius 1 is 1.33 bits per heavy atom. The van der Waals surface area contributed by atoms with Crippen molar-refractivity contribution in [2.75, 3.05) is 13.6 Å².